The third kappa shape index (κ3) is 5.62. The van der Waals surface area contributed by atoms with Crippen LogP contribution in [0.15, 0.2) is 48.5 Å². The number of anilines is 1. The number of ether oxygens (including phenoxy) is 1. The van der Waals surface area contributed by atoms with Gasteiger partial charge in [-0.2, -0.15) is 0 Å². The Kier molecular flexibility index (Phi) is 8.03. The number of benzene rings is 2. The molecule has 2 fully saturated rings. The highest BCUT2D eigenvalue weighted by Crippen LogP contribution is 2.48. The number of fused-ring (bicyclic) bond motifs is 3. The minimum Gasteiger partial charge on any atom is -0.444 e. The SMILES string of the molecule is CCCCn1c(CN2C(=O)C3(CN(C(=O)NC4CCN(C(=O)OC(C)(C)C)CC4)C3)c3ccccc32)cc2cc(Cl)ccc21. The minimum atomic E-state index is -0.739. The molecule has 0 saturated carbocycles. The highest BCUT2D eigenvalue weighted by atomic mass is 35.5. The Hall–Kier alpha value is -3.72. The van der Waals surface area contributed by atoms with E-state index in [1.165, 1.54) is 0 Å². The lowest BCUT2D eigenvalue weighted by molar-refractivity contribution is -0.127. The summed E-state index contributed by atoms with van der Waals surface area (Å²) in [4.78, 5) is 45.2. The number of urea groups is 1. The highest BCUT2D eigenvalue weighted by molar-refractivity contribution is 6.31. The molecular weight excluding hydrogens is 578 g/mol. The molecule has 3 aliphatic rings. The fourth-order valence-electron chi connectivity index (χ4n) is 6.78. The van der Waals surface area contributed by atoms with Crippen molar-refractivity contribution >= 4 is 46.2 Å². The van der Waals surface area contributed by atoms with E-state index < -0.39 is 11.0 Å². The lowest BCUT2D eigenvalue weighted by atomic mass is 9.75. The van der Waals surface area contributed by atoms with Crippen molar-refractivity contribution < 1.29 is 19.1 Å². The third-order valence-corrected chi connectivity index (χ3v) is 9.29. The number of amides is 4. The summed E-state index contributed by atoms with van der Waals surface area (Å²) in [6.07, 6.45) is 3.12. The lowest BCUT2D eigenvalue weighted by Crippen LogP contribution is -2.67. The normalized spacial score (nSPS) is 18.1. The Morgan fingerprint density at radius 1 is 1.05 bits per heavy atom. The number of para-hydroxylation sites is 1. The molecule has 1 N–H and O–H groups in total. The molecule has 1 spiro atoms. The number of rotatable bonds is 6. The summed E-state index contributed by atoms with van der Waals surface area (Å²) >= 11 is 6.32. The molecular formula is C34H42ClN5O4. The van der Waals surface area contributed by atoms with E-state index in [4.69, 9.17) is 16.3 Å². The fraction of sp³-hybridized carbons (Fsp3) is 0.500. The van der Waals surface area contributed by atoms with E-state index >= 15 is 0 Å². The Labute approximate surface area is 264 Å². The third-order valence-electron chi connectivity index (χ3n) is 9.05. The van der Waals surface area contributed by atoms with Crippen molar-refractivity contribution in [2.75, 3.05) is 31.1 Å². The summed E-state index contributed by atoms with van der Waals surface area (Å²) in [5.41, 5.74) is 2.82. The minimum absolute atomic E-state index is 0.0284. The average molecular weight is 620 g/mol. The van der Waals surface area contributed by atoms with Crippen molar-refractivity contribution in [3.05, 3.63) is 64.8 Å². The van der Waals surface area contributed by atoms with Gasteiger partial charge in [0.2, 0.25) is 5.91 Å². The molecule has 2 saturated heterocycles. The molecule has 2 aromatic carbocycles. The maximum absolute atomic E-state index is 14.2. The van der Waals surface area contributed by atoms with Crippen molar-refractivity contribution in [3.8, 4) is 0 Å². The molecule has 9 nitrogen and oxygen atoms in total. The molecule has 10 heteroatoms. The second-order valence-electron chi connectivity index (χ2n) is 13.4. The van der Waals surface area contributed by atoms with Gasteiger partial charge in [0.1, 0.15) is 11.0 Å². The van der Waals surface area contributed by atoms with Crippen LogP contribution in [0.4, 0.5) is 15.3 Å². The maximum atomic E-state index is 14.2. The number of hydrogen-bond donors (Lipinski definition) is 1. The van der Waals surface area contributed by atoms with Crippen molar-refractivity contribution in [1.82, 2.24) is 19.7 Å². The van der Waals surface area contributed by atoms with Gasteiger partial charge in [0, 0.05) is 66.1 Å². The molecule has 4 heterocycles. The molecule has 0 radical (unpaired) electrons. The number of nitrogens with one attached hydrogen (secondary N) is 1. The first-order valence-corrected chi connectivity index (χ1v) is 16.1. The number of nitrogens with zero attached hydrogens (tertiary/aromatic N) is 4. The van der Waals surface area contributed by atoms with Crippen LogP contribution >= 0.6 is 11.6 Å². The van der Waals surface area contributed by atoms with Crippen molar-refractivity contribution in [3.63, 3.8) is 0 Å². The number of aryl methyl sites for hydroxylation is 1. The van der Waals surface area contributed by atoms with Crippen LogP contribution in [0.25, 0.3) is 10.9 Å². The van der Waals surface area contributed by atoms with Crippen LogP contribution < -0.4 is 10.2 Å². The van der Waals surface area contributed by atoms with Crippen LogP contribution in [-0.2, 0) is 28.0 Å². The van der Waals surface area contributed by atoms with Gasteiger partial charge in [-0.25, -0.2) is 9.59 Å². The van der Waals surface area contributed by atoms with Crippen molar-refractivity contribution in [1.29, 1.82) is 0 Å². The van der Waals surface area contributed by atoms with Crippen molar-refractivity contribution in [2.24, 2.45) is 0 Å². The van der Waals surface area contributed by atoms with E-state index in [1.54, 1.807) is 9.80 Å². The molecule has 3 aliphatic heterocycles. The predicted octanol–water partition coefficient (Wildman–Crippen LogP) is 6.30. The van der Waals surface area contributed by atoms with Gasteiger partial charge in [0.25, 0.3) is 0 Å². The number of halogens is 1. The second-order valence-corrected chi connectivity index (χ2v) is 13.8. The van der Waals surface area contributed by atoms with Gasteiger partial charge in [-0.3, -0.25) is 4.79 Å². The van der Waals surface area contributed by atoms with Crippen molar-refractivity contribution in [2.45, 2.75) is 83.5 Å². The molecule has 1 aromatic heterocycles. The zero-order valence-corrected chi connectivity index (χ0v) is 26.8. The standard InChI is InChI=1S/C34H42ClN5O4/c1-5-6-15-39-26(19-23-18-24(35)11-12-28(23)39)20-40-29-10-8-7-9-27(29)34(30(40)41)21-38(22-34)31(42)36-25-13-16-37(17-14-25)32(43)44-33(2,3)4/h7-12,18-19,25H,5-6,13-17,20-22H2,1-4H3,(H,36,42). The Bertz CT molecular complexity index is 1580. The quantitative estimate of drug-likeness (QED) is 0.351. The van der Waals surface area contributed by atoms with E-state index in [-0.39, 0.29) is 24.1 Å². The monoisotopic (exact) mass is 619 g/mol. The topological polar surface area (TPSA) is 87.1 Å². The largest absolute Gasteiger partial charge is 0.444 e. The highest BCUT2D eigenvalue weighted by Gasteiger charge is 2.59. The molecule has 44 heavy (non-hydrogen) atoms. The number of piperidine rings is 1. The van der Waals surface area contributed by atoms with Gasteiger partial charge in [0.15, 0.2) is 0 Å². The van der Waals surface area contributed by atoms with E-state index in [0.29, 0.717) is 50.6 Å². The number of aromatic nitrogens is 1. The number of unbranched alkanes of at least 4 members (excludes halogenated alkanes) is 1. The zero-order valence-electron chi connectivity index (χ0n) is 26.1. The summed E-state index contributed by atoms with van der Waals surface area (Å²) in [7, 11) is 0. The first-order chi connectivity index (χ1) is 21.0. The molecule has 0 unspecified atom stereocenters. The first kappa shape index (κ1) is 30.3. The van der Waals surface area contributed by atoms with E-state index in [2.05, 4.69) is 28.9 Å². The summed E-state index contributed by atoms with van der Waals surface area (Å²) in [6.45, 7) is 10.8. The molecule has 0 atom stereocenters. The van der Waals surface area contributed by atoms with Crippen LogP contribution in [-0.4, -0.2) is 70.2 Å². The van der Waals surface area contributed by atoms with E-state index in [0.717, 1.165) is 47.2 Å². The molecule has 0 bridgehead atoms. The number of carbonyl (C=O) groups excluding carboxylic acids is 3. The van der Waals surface area contributed by atoms with Gasteiger partial charge in [0.05, 0.1) is 6.54 Å². The fourth-order valence-corrected chi connectivity index (χ4v) is 6.96. The van der Waals surface area contributed by atoms with E-state index in [9.17, 15) is 14.4 Å². The number of hydrogen-bond acceptors (Lipinski definition) is 4. The van der Waals surface area contributed by atoms with Gasteiger partial charge in [-0.1, -0.05) is 43.1 Å². The lowest BCUT2D eigenvalue weighted by Gasteiger charge is -2.47. The maximum Gasteiger partial charge on any atom is 0.410 e. The van der Waals surface area contributed by atoms with Crippen LogP contribution in [0.5, 0.6) is 0 Å². The summed E-state index contributed by atoms with van der Waals surface area (Å²) in [5.74, 6) is 0.0405. The van der Waals surface area contributed by atoms with E-state index in [1.807, 2.05) is 62.1 Å². The average Bonchev–Trinajstić information content (AvgIpc) is 3.41. The van der Waals surface area contributed by atoms with Crippen LogP contribution in [0.2, 0.25) is 5.02 Å². The molecule has 4 amide bonds. The Morgan fingerprint density at radius 2 is 1.77 bits per heavy atom. The smallest absolute Gasteiger partial charge is 0.410 e. The number of carbonyl (C=O) groups is 3. The molecule has 234 valence electrons. The van der Waals surface area contributed by atoms with Gasteiger partial charge in [-0.15, -0.1) is 0 Å². The predicted molar refractivity (Wildman–Crippen MR) is 172 cm³/mol. The van der Waals surface area contributed by atoms with Gasteiger partial charge >= 0.3 is 12.1 Å². The van der Waals surface area contributed by atoms with Crippen LogP contribution in [0.1, 0.15) is 64.6 Å². The molecule has 6 rings (SSSR count). The van der Waals surface area contributed by atoms with Gasteiger partial charge in [-0.05, 0) is 75.9 Å². The Morgan fingerprint density at radius 3 is 2.48 bits per heavy atom. The summed E-state index contributed by atoms with van der Waals surface area (Å²) < 4.78 is 7.80. The van der Waals surface area contributed by atoms with Gasteiger partial charge < -0.3 is 29.3 Å². The molecule has 3 aromatic rings. The zero-order chi connectivity index (χ0) is 31.2. The second kappa shape index (κ2) is 11.7. The number of likely N-dealkylation sites (tertiary alicyclic amines) is 2. The Balaban J connectivity index is 1.13. The molecule has 0 aliphatic carbocycles. The first-order valence-electron chi connectivity index (χ1n) is 15.7. The van der Waals surface area contributed by atoms with Crippen LogP contribution in [0, 0.1) is 0 Å². The summed E-state index contributed by atoms with van der Waals surface area (Å²) in [5, 5.41) is 4.91. The summed E-state index contributed by atoms with van der Waals surface area (Å²) in [6, 6.07) is 15.9. The van der Waals surface area contributed by atoms with Crippen LogP contribution in [0.3, 0.4) is 0 Å².